The Hall–Kier alpha value is -0.230. The first kappa shape index (κ1) is 7.87. The normalized spacial score (nSPS) is 33.2. The largest absolute Gasteiger partial charge is 0.0844 e. The van der Waals surface area contributed by atoms with Crippen molar-refractivity contribution in [1.29, 1.82) is 0 Å². The quantitative estimate of drug-likeness (QED) is 0.505. The first-order valence-electron chi connectivity index (χ1n) is 3.67. The van der Waals surface area contributed by atoms with E-state index in [1.54, 1.807) is 0 Å². The number of halogens is 1. The molecule has 1 heteroatoms. The molecule has 1 aliphatic carbocycles. The second kappa shape index (κ2) is 2.79. The molecule has 1 rings (SSSR count). The van der Waals surface area contributed by atoms with Gasteiger partial charge in [0.1, 0.15) is 0 Å². The summed E-state index contributed by atoms with van der Waals surface area (Å²) in [5, 5.41) is 0.922. The molecule has 0 fully saturated rings. The van der Waals surface area contributed by atoms with Gasteiger partial charge in [-0.05, 0) is 24.3 Å². The number of allylic oxidation sites excluding steroid dienone is 4. The smallest absolute Gasteiger partial charge is 0.0395 e. The topological polar surface area (TPSA) is 0 Å². The van der Waals surface area contributed by atoms with Gasteiger partial charge < -0.3 is 0 Å². The van der Waals surface area contributed by atoms with Crippen LogP contribution in [0.15, 0.2) is 22.8 Å². The summed E-state index contributed by atoms with van der Waals surface area (Å²) in [6.45, 7) is 6.46. The monoisotopic (exact) mass is 156 g/mol. The van der Waals surface area contributed by atoms with E-state index >= 15 is 0 Å². The van der Waals surface area contributed by atoms with Crippen LogP contribution in [0.1, 0.15) is 20.8 Å². The van der Waals surface area contributed by atoms with Crippen LogP contribution in [0.25, 0.3) is 0 Å². The Morgan fingerprint density at radius 1 is 1.20 bits per heavy atom. The van der Waals surface area contributed by atoms with E-state index in [0.29, 0.717) is 11.8 Å². The summed E-state index contributed by atoms with van der Waals surface area (Å²) in [6, 6.07) is 0. The van der Waals surface area contributed by atoms with Crippen molar-refractivity contribution in [2.45, 2.75) is 20.8 Å². The number of hydrogen-bond acceptors (Lipinski definition) is 0. The molecule has 0 radical (unpaired) electrons. The Morgan fingerprint density at radius 2 is 1.70 bits per heavy atom. The van der Waals surface area contributed by atoms with Crippen molar-refractivity contribution in [2.24, 2.45) is 11.8 Å². The second-order valence-corrected chi connectivity index (χ2v) is 3.49. The molecule has 0 aliphatic heterocycles. The molecule has 0 amide bonds. The molecule has 2 unspecified atom stereocenters. The molecule has 56 valence electrons. The van der Waals surface area contributed by atoms with Gasteiger partial charge in [0, 0.05) is 5.03 Å². The summed E-state index contributed by atoms with van der Waals surface area (Å²) in [7, 11) is 0. The van der Waals surface area contributed by atoms with Crippen LogP contribution >= 0.6 is 11.6 Å². The predicted molar refractivity (Wildman–Crippen MR) is 46.0 cm³/mol. The van der Waals surface area contributed by atoms with Gasteiger partial charge in [0.2, 0.25) is 0 Å². The third kappa shape index (κ3) is 1.43. The van der Waals surface area contributed by atoms with Crippen LogP contribution < -0.4 is 0 Å². The van der Waals surface area contributed by atoms with Gasteiger partial charge >= 0.3 is 0 Å². The SMILES string of the molecule is CC1=CC(C)C(C)C=C1Cl. The van der Waals surface area contributed by atoms with Gasteiger partial charge in [-0.2, -0.15) is 0 Å². The highest BCUT2D eigenvalue weighted by molar-refractivity contribution is 6.32. The summed E-state index contributed by atoms with van der Waals surface area (Å²) in [5.41, 5.74) is 1.22. The zero-order valence-corrected chi connectivity index (χ0v) is 7.44. The van der Waals surface area contributed by atoms with Crippen LogP contribution in [0.5, 0.6) is 0 Å². The van der Waals surface area contributed by atoms with Crippen molar-refractivity contribution in [1.82, 2.24) is 0 Å². The molecule has 0 saturated heterocycles. The minimum atomic E-state index is 0.594. The van der Waals surface area contributed by atoms with E-state index in [2.05, 4.69) is 32.9 Å². The van der Waals surface area contributed by atoms with E-state index in [4.69, 9.17) is 11.6 Å². The van der Waals surface area contributed by atoms with Crippen LogP contribution in [-0.2, 0) is 0 Å². The van der Waals surface area contributed by atoms with E-state index in [1.807, 2.05) is 0 Å². The fourth-order valence-corrected chi connectivity index (χ4v) is 1.40. The van der Waals surface area contributed by atoms with Crippen LogP contribution in [-0.4, -0.2) is 0 Å². The van der Waals surface area contributed by atoms with Gasteiger partial charge in [-0.15, -0.1) is 0 Å². The third-order valence-electron chi connectivity index (χ3n) is 2.13. The standard InChI is InChI=1S/C9H13Cl/c1-6-4-8(3)9(10)5-7(6)2/h4-7H,1-3H3. The Balaban J connectivity index is 2.83. The van der Waals surface area contributed by atoms with Gasteiger partial charge in [0.05, 0.1) is 0 Å². The maximum absolute atomic E-state index is 5.92. The van der Waals surface area contributed by atoms with Gasteiger partial charge in [0.25, 0.3) is 0 Å². The molecule has 0 aromatic rings. The lowest BCUT2D eigenvalue weighted by atomic mass is 9.89. The highest BCUT2D eigenvalue weighted by Gasteiger charge is 2.13. The zero-order valence-electron chi connectivity index (χ0n) is 6.69. The van der Waals surface area contributed by atoms with E-state index in [9.17, 15) is 0 Å². The summed E-state index contributed by atoms with van der Waals surface area (Å²) >= 11 is 5.92. The van der Waals surface area contributed by atoms with E-state index in [0.717, 1.165) is 5.03 Å². The predicted octanol–water partition coefficient (Wildman–Crippen LogP) is 3.34. The van der Waals surface area contributed by atoms with Gasteiger partial charge in [0.15, 0.2) is 0 Å². The minimum absolute atomic E-state index is 0.594. The average Bonchev–Trinajstić information content (AvgIpc) is 1.84. The Kier molecular flexibility index (Phi) is 2.20. The molecule has 0 aromatic heterocycles. The van der Waals surface area contributed by atoms with Crippen molar-refractivity contribution in [3.63, 3.8) is 0 Å². The van der Waals surface area contributed by atoms with Crippen LogP contribution in [0.2, 0.25) is 0 Å². The Bertz CT molecular complexity index is 167. The number of hydrogen-bond donors (Lipinski definition) is 0. The summed E-state index contributed by atoms with van der Waals surface area (Å²) in [4.78, 5) is 0. The first-order valence-corrected chi connectivity index (χ1v) is 4.05. The zero-order chi connectivity index (χ0) is 7.72. The first-order chi connectivity index (χ1) is 4.61. The van der Waals surface area contributed by atoms with Crippen molar-refractivity contribution >= 4 is 11.6 Å². The van der Waals surface area contributed by atoms with Crippen LogP contribution in [0.3, 0.4) is 0 Å². The van der Waals surface area contributed by atoms with Gasteiger partial charge in [-0.25, -0.2) is 0 Å². The molecular formula is C9H13Cl. The van der Waals surface area contributed by atoms with E-state index in [-0.39, 0.29) is 0 Å². The Labute approximate surface area is 67.6 Å². The lowest BCUT2D eigenvalue weighted by Gasteiger charge is -2.19. The summed E-state index contributed by atoms with van der Waals surface area (Å²) in [5.74, 6) is 1.23. The van der Waals surface area contributed by atoms with Crippen molar-refractivity contribution in [2.75, 3.05) is 0 Å². The fraction of sp³-hybridized carbons (Fsp3) is 0.556. The Morgan fingerprint density at radius 3 is 2.20 bits per heavy atom. The molecule has 2 atom stereocenters. The molecule has 0 bridgehead atoms. The maximum Gasteiger partial charge on any atom is 0.0395 e. The van der Waals surface area contributed by atoms with Crippen molar-refractivity contribution in [3.8, 4) is 0 Å². The second-order valence-electron chi connectivity index (χ2n) is 3.08. The summed E-state index contributed by atoms with van der Waals surface area (Å²) in [6.07, 6.45) is 4.36. The fourth-order valence-electron chi connectivity index (χ4n) is 1.14. The average molecular weight is 157 g/mol. The summed E-state index contributed by atoms with van der Waals surface area (Å²) < 4.78 is 0. The lowest BCUT2D eigenvalue weighted by Crippen LogP contribution is -2.07. The molecule has 0 N–H and O–H groups in total. The molecule has 0 nitrogen and oxygen atoms in total. The van der Waals surface area contributed by atoms with Crippen molar-refractivity contribution < 1.29 is 0 Å². The molecule has 10 heavy (non-hydrogen) atoms. The molecule has 0 saturated carbocycles. The lowest BCUT2D eigenvalue weighted by molar-refractivity contribution is 0.547. The third-order valence-corrected chi connectivity index (χ3v) is 2.55. The van der Waals surface area contributed by atoms with Crippen LogP contribution in [0.4, 0.5) is 0 Å². The molecule has 1 aliphatic rings. The minimum Gasteiger partial charge on any atom is -0.0844 e. The van der Waals surface area contributed by atoms with Gasteiger partial charge in [-0.3, -0.25) is 0 Å². The van der Waals surface area contributed by atoms with Crippen LogP contribution in [0, 0.1) is 11.8 Å². The highest BCUT2D eigenvalue weighted by atomic mass is 35.5. The van der Waals surface area contributed by atoms with Gasteiger partial charge in [-0.1, -0.05) is 37.6 Å². The molecule has 0 aromatic carbocycles. The molecule has 0 heterocycles. The molecular weight excluding hydrogens is 144 g/mol. The van der Waals surface area contributed by atoms with E-state index in [1.165, 1.54) is 5.57 Å². The number of rotatable bonds is 0. The maximum atomic E-state index is 5.92. The highest BCUT2D eigenvalue weighted by Crippen LogP contribution is 2.28. The van der Waals surface area contributed by atoms with Crippen molar-refractivity contribution in [3.05, 3.63) is 22.8 Å². The molecule has 0 spiro atoms. The van der Waals surface area contributed by atoms with E-state index < -0.39 is 0 Å².